The summed E-state index contributed by atoms with van der Waals surface area (Å²) < 4.78 is 28.6. The molecule has 1 N–H and O–H groups in total. The molecule has 8 heteroatoms. The standard InChI is InChI=1S/C19H22N2O5S/c1-2-21(16-9-11-27(24,25)13-16)19(23)15-7-5-14(6-8-15)18(22)20-12-17-4-3-10-26-17/h3-8,10,16H,2,9,11-13H2,1H3,(H,20,22). The second kappa shape index (κ2) is 7.96. The van der Waals surface area contributed by atoms with Gasteiger partial charge in [-0.2, -0.15) is 0 Å². The molecule has 2 amide bonds. The molecule has 2 heterocycles. The summed E-state index contributed by atoms with van der Waals surface area (Å²) in [5, 5.41) is 2.74. The Morgan fingerprint density at radius 3 is 2.44 bits per heavy atom. The number of rotatable bonds is 6. The van der Waals surface area contributed by atoms with Crippen LogP contribution in [0.25, 0.3) is 0 Å². The number of carbonyl (C=O) groups excluding carboxylic acids is 2. The molecular formula is C19H22N2O5S. The Hall–Kier alpha value is -2.61. The van der Waals surface area contributed by atoms with Crippen LogP contribution in [0.4, 0.5) is 0 Å². The lowest BCUT2D eigenvalue weighted by molar-refractivity contribution is 0.0708. The van der Waals surface area contributed by atoms with Gasteiger partial charge in [0.1, 0.15) is 5.76 Å². The predicted molar refractivity (Wildman–Crippen MR) is 100 cm³/mol. The summed E-state index contributed by atoms with van der Waals surface area (Å²) in [5.74, 6) is 0.304. The van der Waals surface area contributed by atoms with Gasteiger partial charge in [0, 0.05) is 23.7 Å². The molecule has 3 rings (SSSR count). The average Bonchev–Trinajstić information content (AvgIpc) is 3.30. The van der Waals surface area contributed by atoms with Crippen molar-refractivity contribution in [1.29, 1.82) is 0 Å². The number of hydrogen-bond acceptors (Lipinski definition) is 5. The Kier molecular flexibility index (Phi) is 5.65. The fourth-order valence-corrected chi connectivity index (χ4v) is 4.93. The van der Waals surface area contributed by atoms with E-state index >= 15 is 0 Å². The Morgan fingerprint density at radius 2 is 1.89 bits per heavy atom. The van der Waals surface area contributed by atoms with Gasteiger partial charge in [0.15, 0.2) is 9.84 Å². The maximum atomic E-state index is 12.8. The van der Waals surface area contributed by atoms with Crippen molar-refractivity contribution >= 4 is 21.7 Å². The van der Waals surface area contributed by atoms with Crippen molar-refractivity contribution in [2.75, 3.05) is 18.1 Å². The third-order valence-electron chi connectivity index (χ3n) is 4.65. The summed E-state index contributed by atoms with van der Waals surface area (Å²) in [5.41, 5.74) is 0.869. The highest BCUT2D eigenvalue weighted by molar-refractivity contribution is 7.91. The van der Waals surface area contributed by atoms with Crippen LogP contribution in [0.3, 0.4) is 0 Å². The third kappa shape index (κ3) is 4.57. The van der Waals surface area contributed by atoms with Crippen LogP contribution in [0.15, 0.2) is 47.1 Å². The van der Waals surface area contributed by atoms with E-state index in [0.717, 1.165) is 0 Å². The molecule has 1 aromatic heterocycles. The van der Waals surface area contributed by atoms with Crippen molar-refractivity contribution in [1.82, 2.24) is 10.2 Å². The fourth-order valence-electron chi connectivity index (χ4n) is 3.20. The summed E-state index contributed by atoms with van der Waals surface area (Å²) >= 11 is 0. The molecule has 1 fully saturated rings. The predicted octanol–water partition coefficient (Wildman–Crippen LogP) is 1.86. The Bertz CT molecular complexity index is 904. The molecule has 2 aromatic rings. The maximum Gasteiger partial charge on any atom is 0.254 e. The van der Waals surface area contributed by atoms with E-state index in [4.69, 9.17) is 4.42 Å². The Labute approximate surface area is 158 Å². The van der Waals surface area contributed by atoms with Gasteiger partial charge < -0.3 is 14.6 Å². The quantitative estimate of drug-likeness (QED) is 0.812. The zero-order valence-electron chi connectivity index (χ0n) is 15.1. The minimum Gasteiger partial charge on any atom is -0.467 e. The van der Waals surface area contributed by atoms with Gasteiger partial charge in [-0.15, -0.1) is 0 Å². The van der Waals surface area contributed by atoms with E-state index in [0.29, 0.717) is 29.9 Å². The van der Waals surface area contributed by atoms with Crippen molar-refractivity contribution in [3.8, 4) is 0 Å². The number of hydrogen-bond donors (Lipinski definition) is 1. The van der Waals surface area contributed by atoms with Gasteiger partial charge in [0.05, 0.1) is 24.3 Å². The number of amides is 2. The van der Waals surface area contributed by atoms with Gasteiger partial charge in [-0.05, 0) is 49.7 Å². The molecule has 144 valence electrons. The van der Waals surface area contributed by atoms with Gasteiger partial charge in [0.2, 0.25) is 0 Å². The summed E-state index contributed by atoms with van der Waals surface area (Å²) in [6.07, 6.45) is 2.01. The molecule has 7 nitrogen and oxygen atoms in total. The highest BCUT2D eigenvalue weighted by atomic mass is 32.2. The maximum absolute atomic E-state index is 12.8. The van der Waals surface area contributed by atoms with Gasteiger partial charge in [0.25, 0.3) is 11.8 Å². The second-order valence-corrected chi connectivity index (χ2v) is 8.72. The molecule has 0 radical (unpaired) electrons. The van der Waals surface area contributed by atoms with Gasteiger partial charge in [-0.25, -0.2) is 8.42 Å². The molecule has 0 saturated carbocycles. The van der Waals surface area contributed by atoms with Crippen LogP contribution in [-0.2, 0) is 16.4 Å². The fraction of sp³-hybridized carbons (Fsp3) is 0.368. The number of nitrogens with one attached hydrogen (secondary N) is 1. The molecule has 0 aliphatic carbocycles. The van der Waals surface area contributed by atoms with Crippen LogP contribution < -0.4 is 5.32 Å². The highest BCUT2D eigenvalue weighted by Crippen LogP contribution is 2.20. The van der Waals surface area contributed by atoms with Crippen molar-refractivity contribution < 1.29 is 22.4 Å². The normalized spacial score (nSPS) is 18.2. The van der Waals surface area contributed by atoms with E-state index in [1.54, 1.807) is 41.3 Å². The molecule has 1 saturated heterocycles. The van der Waals surface area contributed by atoms with E-state index in [-0.39, 0.29) is 35.9 Å². The lowest BCUT2D eigenvalue weighted by atomic mass is 10.1. The van der Waals surface area contributed by atoms with Gasteiger partial charge in [-0.3, -0.25) is 9.59 Å². The number of carbonyl (C=O) groups is 2. The summed E-state index contributed by atoms with van der Waals surface area (Å²) in [6.45, 7) is 2.55. The first-order valence-electron chi connectivity index (χ1n) is 8.81. The smallest absolute Gasteiger partial charge is 0.254 e. The Balaban J connectivity index is 1.64. The number of nitrogens with zero attached hydrogens (tertiary/aromatic N) is 1. The Morgan fingerprint density at radius 1 is 1.19 bits per heavy atom. The van der Waals surface area contributed by atoms with E-state index in [1.807, 2.05) is 6.92 Å². The summed E-state index contributed by atoms with van der Waals surface area (Å²) in [7, 11) is -3.06. The van der Waals surface area contributed by atoms with Crippen LogP contribution >= 0.6 is 0 Å². The van der Waals surface area contributed by atoms with E-state index < -0.39 is 9.84 Å². The van der Waals surface area contributed by atoms with Crippen molar-refractivity contribution in [3.63, 3.8) is 0 Å². The van der Waals surface area contributed by atoms with Crippen LogP contribution in [0.5, 0.6) is 0 Å². The van der Waals surface area contributed by atoms with Crippen molar-refractivity contribution in [3.05, 3.63) is 59.5 Å². The van der Waals surface area contributed by atoms with Crippen molar-refractivity contribution in [2.45, 2.75) is 25.9 Å². The highest BCUT2D eigenvalue weighted by Gasteiger charge is 2.34. The minimum atomic E-state index is -3.06. The van der Waals surface area contributed by atoms with Crippen LogP contribution in [0.1, 0.15) is 39.8 Å². The SMILES string of the molecule is CCN(C(=O)c1ccc(C(=O)NCc2ccco2)cc1)C1CCS(=O)(=O)C1. The third-order valence-corrected chi connectivity index (χ3v) is 6.40. The first kappa shape index (κ1) is 19.2. The number of furan rings is 1. The first-order valence-corrected chi connectivity index (χ1v) is 10.6. The zero-order chi connectivity index (χ0) is 19.4. The molecule has 1 atom stereocenters. The van der Waals surface area contributed by atoms with Crippen LogP contribution in [-0.4, -0.2) is 49.2 Å². The summed E-state index contributed by atoms with van der Waals surface area (Å²) in [6, 6.07) is 9.59. The number of sulfone groups is 1. The van der Waals surface area contributed by atoms with Gasteiger partial charge in [-0.1, -0.05) is 0 Å². The monoisotopic (exact) mass is 390 g/mol. The minimum absolute atomic E-state index is 0.0137. The van der Waals surface area contributed by atoms with E-state index in [2.05, 4.69) is 5.32 Å². The molecule has 1 aliphatic heterocycles. The zero-order valence-corrected chi connectivity index (χ0v) is 15.9. The molecule has 1 aromatic carbocycles. The molecule has 27 heavy (non-hydrogen) atoms. The largest absolute Gasteiger partial charge is 0.467 e. The molecule has 1 aliphatic rings. The van der Waals surface area contributed by atoms with Crippen LogP contribution in [0.2, 0.25) is 0 Å². The van der Waals surface area contributed by atoms with Crippen LogP contribution in [0, 0.1) is 0 Å². The summed E-state index contributed by atoms with van der Waals surface area (Å²) in [4.78, 5) is 26.5. The molecule has 0 spiro atoms. The molecule has 1 unspecified atom stereocenters. The van der Waals surface area contributed by atoms with E-state index in [9.17, 15) is 18.0 Å². The molecular weight excluding hydrogens is 368 g/mol. The first-order chi connectivity index (χ1) is 12.9. The number of benzene rings is 1. The van der Waals surface area contributed by atoms with E-state index in [1.165, 1.54) is 6.26 Å². The lowest BCUT2D eigenvalue weighted by Gasteiger charge is -2.27. The topological polar surface area (TPSA) is 96.7 Å². The van der Waals surface area contributed by atoms with Gasteiger partial charge >= 0.3 is 0 Å². The average molecular weight is 390 g/mol. The lowest BCUT2D eigenvalue weighted by Crippen LogP contribution is -2.41. The van der Waals surface area contributed by atoms with Crippen molar-refractivity contribution in [2.24, 2.45) is 0 Å². The molecule has 0 bridgehead atoms. The second-order valence-electron chi connectivity index (χ2n) is 6.49.